The zero-order valence-electron chi connectivity index (χ0n) is 8.15. The van der Waals surface area contributed by atoms with E-state index in [1.54, 1.807) is 19.1 Å². The van der Waals surface area contributed by atoms with Gasteiger partial charge in [-0.05, 0) is 30.1 Å². The number of nitrogens with one attached hydrogen (secondary N) is 1. The van der Waals surface area contributed by atoms with Gasteiger partial charge in [0.25, 0.3) is 5.91 Å². The lowest BCUT2D eigenvalue weighted by Gasteiger charge is -2.12. The number of carbonyl (C=O) groups excluding carboxylic acids is 1. The van der Waals surface area contributed by atoms with Crippen LogP contribution in [0, 0.1) is 0 Å². The second-order valence-electron chi connectivity index (χ2n) is 2.97. The average Bonchev–Trinajstić information content (AvgIpc) is 2.18. The largest absolute Gasteiger partial charge is 0.768 e. The highest BCUT2D eigenvalue weighted by Crippen LogP contribution is 2.18. The SMILES string of the molecule is C=C(C)C(=O)Nc1ccccc1S(=O)[O-]. The standard InChI is InChI=1S/C10H11NO3S/c1-7(2)10(12)11-8-5-3-4-6-9(8)15(13)14/h3-6H,1H2,2H3,(H,11,12)(H,13,14)/p-1. The monoisotopic (exact) mass is 224 g/mol. The topological polar surface area (TPSA) is 69.2 Å². The number of anilines is 1. The molecule has 1 aromatic rings. The molecule has 0 spiro atoms. The third-order valence-electron chi connectivity index (χ3n) is 1.70. The molecule has 4 nitrogen and oxygen atoms in total. The number of para-hydroxylation sites is 1. The van der Waals surface area contributed by atoms with Crippen molar-refractivity contribution in [2.24, 2.45) is 0 Å². The fourth-order valence-corrected chi connectivity index (χ4v) is 1.43. The Morgan fingerprint density at radius 3 is 2.60 bits per heavy atom. The quantitative estimate of drug-likeness (QED) is 0.624. The molecule has 0 fully saturated rings. The van der Waals surface area contributed by atoms with E-state index >= 15 is 0 Å². The van der Waals surface area contributed by atoms with Crippen molar-refractivity contribution in [1.29, 1.82) is 0 Å². The maximum Gasteiger partial charge on any atom is 0.250 e. The van der Waals surface area contributed by atoms with E-state index in [4.69, 9.17) is 0 Å². The summed E-state index contributed by atoms with van der Waals surface area (Å²) in [5, 5.41) is 2.46. The molecule has 1 atom stereocenters. The number of rotatable bonds is 3. The van der Waals surface area contributed by atoms with E-state index in [9.17, 15) is 13.6 Å². The zero-order valence-corrected chi connectivity index (χ0v) is 8.97. The van der Waals surface area contributed by atoms with Crippen LogP contribution in [-0.4, -0.2) is 14.7 Å². The third kappa shape index (κ3) is 3.00. The van der Waals surface area contributed by atoms with Gasteiger partial charge in [0.2, 0.25) is 0 Å². The number of benzene rings is 1. The molecular weight excluding hydrogens is 214 g/mol. The maximum atomic E-state index is 11.3. The van der Waals surface area contributed by atoms with Crippen LogP contribution in [0.25, 0.3) is 0 Å². The van der Waals surface area contributed by atoms with E-state index in [0.717, 1.165) is 0 Å². The molecule has 0 radical (unpaired) electrons. The number of carbonyl (C=O) groups is 1. The minimum atomic E-state index is -2.36. The second-order valence-corrected chi connectivity index (χ2v) is 3.87. The summed E-state index contributed by atoms with van der Waals surface area (Å²) < 4.78 is 21.6. The Bertz CT molecular complexity index is 428. The van der Waals surface area contributed by atoms with Gasteiger partial charge in [-0.3, -0.25) is 9.00 Å². The summed E-state index contributed by atoms with van der Waals surface area (Å²) in [4.78, 5) is 11.3. The number of amides is 1. The molecule has 80 valence electrons. The summed E-state index contributed by atoms with van der Waals surface area (Å²) >= 11 is -2.36. The minimum Gasteiger partial charge on any atom is -0.768 e. The van der Waals surface area contributed by atoms with E-state index in [0.29, 0.717) is 5.57 Å². The summed E-state index contributed by atoms with van der Waals surface area (Å²) in [7, 11) is 0. The van der Waals surface area contributed by atoms with Gasteiger partial charge in [-0.1, -0.05) is 18.7 Å². The van der Waals surface area contributed by atoms with Gasteiger partial charge in [-0.15, -0.1) is 0 Å². The molecule has 0 heterocycles. The Morgan fingerprint density at radius 2 is 2.07 bits per heavy atom. The number of hydrogen-bond donors (Lipinski definition) is 1. The molecular formula is C10H10NO3S-. The lowest BCUT2D eigenvalue weighted by molar-refractivity contribution is -0.112. The highest BCUT2D eigenvalue weighted by molar-refractivity contribution is 7.79. The predicted octanol–water partition coefficient (Wildman–Crippen LogP) is 1.44. The van der Waals surface area contributed by atoms with Crippen LogP contribution in [0.15, 0.2) is 41.3 Å². The Morgan fingerprint density at radius 1 is 1.47 bits per heavy atom. The first-order valence-corrected chi connectivity index (χ1v) is 5.25. The van der Waals surface area contributed by atoms with Crippen molar-refractivity contribution >= 4 is 22.7 Å². The van der Waals surface area contributed by atoms with Crippen molar-refractivity contribution in [3.8, 4) is 0 Å². The summed E-state index contributed by atoms with van der Waals surface area (Å²) in [6.45, 7) is 5.01. The molecule has 15 heavy (non-hydrogen) atoms. The Kier molecular flexibility index (Phi) is 3.76. The first-order valence-electron chi connectivity index (χ1n) is 4.17. The van der Waals surface area contributed by atoms with Crippen LogP contribution >= 0.6 is 0 Å². The minimum absolute atomic E-state index is 0.0621. The Labute approximate surface area is 90.3 Å². The summed E-state index contributed by atoms with van der Waals surface area (Å²) in [6, 6.07) is 6.16. The van der Waals surface area contributed by atoms with Gasteiger partial charge in [0.15, 0.2) is 0 Å². The van der Waals surface area contributed by atoms with Crippen LogP contribution < -0.4 is 5.32 Å². The molecule has 1 amide bonds. The molecule has 1 aromatic carbocycles. The maximum absolute atomic E-state index is 11.3. The predicted molar refractivity (Wildman–Crippen MR) is 57.1 cm³/mol. The van der Waals surface area contributed by atoms with E-state index in [-0.39, 0.29) is 10.6 Å². The van der Waals surface area contributed by atoms with Crippen molar-refractivity contribution in [1.82, 2.24) is 0 Å². The van der Waals surface area contributed by atoms with Gasteiger partial charge in [0.1, 0.15) is 0 Å². The van der Waals surface area contributed by atoms with Crippen molar-refractivity contribution in [2.75, 3.05) is 5.32 Å². The molecule has 1 rings (SSSR count). The van der Waals surface area contributed by atoms with Gasteiger partial charge in [-0.2, -0.15) is 0 Å². The van der Waals surface area contributed by atoms with Crippen LogP contribution in [0.1, 0.15) is 6.92 Å². The van der Waals surface area contributed by atoms with Crippen LogP contribution in [0.5, 0.6) is 0 Å². The molecule has 1 N–H and O–H groups in total. The molecule has 5 heteroatoms. The lowest BCUT2D eigenvalue weighted by Crippen LogP contribution is -2.13. The van der Waals surface area contributed by atoms with Crippen molar-refractivity contribution in [3.05, 3.63) is 36.4 Å². The molecule has 0 saturated carbocycles. The molecule has 0 aliphatic heterocycles. The van der Waals surface area contributed by atoms with Gasteiger partial charge in [0, 0.05) is 10.5 Å². The van der Waals surface area contributed by atoms with E-state index in [2.05, 4.69) is 11.9 Å². The Hall–Kier alpha value is -1.46. The summed E-state index contributed by atoms with van der Waals surface area (Å²) in [5.41, 5.74) is 0.584. The zero-order chi connectivity index (χ0) is 11.4. The van der Waals surface area contributed by atoms with Gasteiger partial charge in [-0.25, -0.2) is 0 Å². The molecule has 0 bridgehead atoms. The van der Waals surface area contributed by atoms with Crippen molar-refractivity contribution in [3.63, 3.8) is 0 Å². The highest BCUT2D eigenvalue weighted by Gasteiger charge is 2.06. The third-order valence-corrected chi connectivity index (χ3v) is 2.42. The van der Waals surface area contributed by atoms with Crippen LogP contribution in [0.3, 0.4) is 0 Å². The Balaban J connectivity index is 2.99. The fraction of sp³-hybridized carbons (Fsp3) is 0.100. The first kappa shape index (κ1) is 11.6. The van der Waals surface area contributed by atoms with Crippen LogP contribution in [0.4, 0.5) is 5.69 Å². The smallest absolute Gasteiger partial charge is 0.250 e. The highest BCUT2D eigenvalue weighted by atomic mass is 32.2. The first-order chi connectivity index (χ1) is 7.02. The fourth-order valence-electron chi connectivity index (χ4n) is 0.944. The second kappa shape index (κ2) is 4.86. The lowest BCUT2D eigenvalue weighted by atomic mass is 10.3. The van der Waals surface area contributed by atoms with Gasteiger partial charge in [0.05, 0.1) is 5.69 Å². The number of hydrogen-bond acceptors (Lipinski definition) is 3. The van der Waals surface area contributed by atoms with Crippen LogP contribution in [-0.2, 0) is 15.9 Å². The summed E-state index contributed by atoms with van der Waals surface area (Å²) in [5.74, 6) is -0.395. The molecule has 1 unspecified atom stereocenters. The normalized spacial score (nSPS) is 11.9. The van der Waals surface area contributed by atoms with Crippen molar-refractivity contribution < 1.29 is 13.6 Å². The van der Waals surface area contributed by atoms with E-state index in [1.807, 2.05) is 0 Å². The van der Waals surface area contributed by atoms with E-state index < -0.39 is 17.0 Å². The molecule has 0 aliphatic rings. The molecule has 0 aliphatic carbocycles. The summed E-state index contributed by atoms with van der Waals surface area (Å²) in [6.07, 6.45) is 0. The van der Waals surface area contributed by atoms with Crippen LogP contribution in [0.2, 0.25) is 0 Å². The van der Waals surface area contributed by atoms with Gasteiger partial charge >= 0.3 is 0 Å². The van der Waals surface area contributed by atoms with Gasteiger partial charge < -0.3 is 9.87 Å². The molecule has 0 aromatic heterocycles. The van der Waals surface area contributed by atoms with E-state index in [1.165, 1.54) is 12.1 Å². The molecule has 0 saturated heterocycles. The van der Waals surface area contributed by atoms with Crippen molar-refractivity contribution in [2.45, 2.75) is 11.8 Å². The average molecular weight is 224 g/mol.